The first-order valence-electron chi connectivity index (χ1n) is 8.49. The fourth-order valence-electron chi connectivity index (χ4n) is 2.54. The van der Waals surface area contributed by atoms with Gasteiger partial charge in [0.2, 0.25) is 22.9 Å². The predicted molar refractivity (Wildman–Crippen MR) is 118 cm³/mol. The van der Waals surface area contributed by atoms with Crippen LogP contribution in [0.15, 0.2) is 41.6 Å². The molecule has 0 spiro atoms. The Bertz CT molecular complexity index is 1170. The second-order valence-corrected chi connectivity index (χ2v) is 7.95. The third kappa shape index (κ3) is 5.26. The highest BCUT2D eigenvalue weighted by atomic mass is 35.5. The van der Waals surface area contributed by atoms with Crippen LogP contribution < -0.4 is 22.6 Å². The Morgan fingerprint density at radius 1 is 1.00 bits per heavy atom. The number of primary amides is 2. The average Bonchev–Trinajstić information content (AvgIpc) is 3.08. The number of aromatic nitrogens is 3. The van der Waals surface area contributed by atoms with Crippen LogP contribution >= 0.6 is 35.0 Å². The molecule has 0 unspecified atom stereocenters. The Kier molecular flexibility index (Phi) is 6.68. The van der Waals surface area contributed by atoms with Crippen LogP contribution in [-0.4, -0.2) is 38.3 Å². The zero-order valence-electron chi connectivity index (χ0n) is 15.6. The molecule has 13 heteroatoms. The fraction of sp³-hybridized carbons (Fsp3) is 0.0556. The number of anilines is 1. The van der Waals surface area contributed by atoms with Crippen molar-refractivity contribution in [2.45, 2.75) is 5.16 Å². The molecular formula is C18H15Cl2N7O3S. The number of benzene rings is 2. The molecule has 3 amide bonds. The number of carbonyl (C=O) groups excluding carboxylic acids is 3. The maximum Gasteiger partial charge on any atom is 0.248 e. The number of nitrogens with zero attached hydrogens (tertiary/aromatic N) is 3. The molecule has 3 aromatic rings. The zero-order valence-corrected chi connectivity index (χ0v) is 18.0. The van der Waals surface area contributed by atoms with E-state index in [1.165, 1.54) is 22.9 Å². The molecule has 31 heavy (non-hydrogen) atoms. The molecule has 160 valence electrons. The molecule has 0 aliphatic carbocycles. The summed E-state index contributed by atoms with van der Waals surface area (Å²) in [6.45, 7) is 0. The van der Waals surface area contributed by atoms with E-state index in [4.69, 9.17) is 40.5 Å². The van der Waals surface area contributed by atoms with Crippen molar-refractivity contribution >= 4 is 58.4 Å². The molecule has 3 rings (SSSR count). The van der Waals surface area contributed by atoms with E-state index in [0.29, 0.717) is 15.6 Å². The molecular weight excluding hydrogens is 465 g/mol. The van der Waals surface area contributed by atoms with Gasteiger partial charge in [0.15, 0.2) is 5.82 Å². The normalized spacial score (nSPS) is 10.6. The summed E-state index contributed by atoms with van der Waals surface area (Å²) in [6, 6.07) is 8.75. The zero-order chi connectivity index (χ0) is 22.7. The smallest absolute Gasteiger partial charge is 0.248 e. The van der Waals surface area contributed by atoms with Crippen molar-refractivity contribution in [1.82, 2.24) is 14.9 Å². The van der Waals surface area contributed by atoms with Gasteiger partial charge in [-0.15, -0.1) is 10.2 Å². The second-order valence-electron chi connectivity index (χ2n) is 6.16. The van der Waals surface area contributed by atoms with Gasteiger partial charge in [0, 0.05) is 27.4 Å². The Hall–Kier alpha value is -3.28. The number of carbonyl (C=O) groups is 3. The van der Waals surface area contributed by atoms with Gasteiger partial charge in [-0.2, -0.15) is 0 Å². The molecule has 0 saturated heterocycles. The standard InChI is InChI=1S/C18H15Cl2N7O3S/c19-10-1-2-13(20)12(6-10)17-25-26-18(27(17)23)31-7-14(28)24-11-4-8(15(21)29)3-9(5-11)16(22)30/h1-6H,7,23H2,(H2,21,29)(H2,22,30)(H,24,28). The van der Waals surface area contributed by atoms with Crippen molar-refractivity contribution in [1.29, 1.82) is 0 Å². The van der Waals surface area contributed by atoms with Crippen LogP contribution in [0.5, 0.6) is 0 Å². The predicted octanol–water partition coefficient (Wildman–Crippen LogP) is 1.89. The Labute approximate surface area is 190 Å². The topological polar surface area (TPSA) is 172 Å². The van der Waals surface area contributed by atoms with Gasteiger partial charge in [0.25, 0.3) is 0 Å². The highest BCUT2D eigenvalue weighted by Crippen LogP contribution is 2.30. The highest BCUT2D eigenvalue weighted by Gasteiger charge is 2.17. The van der Waals surface area contributed by atoms with Crippen molar-refractivity contribution in [3.63, 3.8) is 0 Å². The van der Waals surface area contributed by atoms with Crippen LogP contribution in [0.25, 0.3) is 11.4 Å². The van der Waals surface area contributed by atoms with Crippen LogP contribution in [0, 0.1) is 0 Å². The molecule has 0 fully saturated rings. The summed E-state index contributed by atoms with van der Waals surface area (Å²) in [5.41, 5.74) is 11.2. The van der Waals surface area contributed by atoms with E-state index < -0.39 is 17.7 Å². The summed E-state index contributed by atoms with van der Waals surface area (Å²) in [4.78, 5) is 35.2. The molecule has 0 aliphatic heterocycles. The molecule has 1 aromatic heterocycles. The lowest BCUT2D eigenvalue weighted by molar-refractivity contribution is -0.113. The summed E-state index contributed by atoms with van der Waals surface area (Å²) in [5.74, 6) is 4.23. The van der Waals surface area contributed by atoms with E-state index >= 15 is 0 Å². The molecule has 0 atom stereocenters. The molecule has 2 aromatic carbocycles. The highest BCUT2D eigenvalue weighted by molar-refractivity contribution is 7.99. The van der Waals surface area contributed by atoms with Gasteiger partial charge in [0.1, 0.15) is 0 Å². The van der Waals surface area contributed by atoms with E-state index in [1.807, 2.05) is 0 Å². The Morgan fingerprint density at radius 2 is 1.65 bits per heavy atom. The summed E-state index contributed by atoms with van der Waals surface area (Å²) >= 11 is 13.2. The van der Waals surface area contributed by atoms with Gasteiger partial charge >= 0.3 is 0 Å². The maximum absolute atomic E-state index is 12.3. The third-order valence-corrected chi connectivity index (χ3v) is 5.46. The van der Waals surface area contributed by atoms with Crippen LogP contribution in [0.3, 0.4) is 0 Å². The van der Waals surface area contributed by atoms with Gasteiger partial charge in [0.05, 0.1) is 10.8 Å². The molecule has 7 N–H and O–H groups in total. The van der Waals surface area contributed by atoms with Crippen LogP contribution in [-0.2, 0) is 4.79 Å². The third-order valence-electron chi connectivity index (χ3n) is 3.95. The van der Waals surface area contributed by atoms with Crippen LogP contribution in [0.2, 0.25) is 10.0 Å². The molecule has 10 nitrogen and oxygen atoms in total. The number of thioether (sulfide) groups is 1. The van der Waals surface area contributed by atoms with Gasteiger partial charge in [-0.1, -0.05) is 35.0 Å². The first kappa shape index (κ1) is 22.4. The van der Waals surface area contributed by atoms with Crippen LogP contribution in [0.4, 0.5) is 5.69 Å². The number of hydrogen-bond donors (Lipinski definition) is 4. The van der Waals surface area contributed by atoms with Gasteiger partial charge in [-0.05, 0) is 36.4 Å². The molecule has 0 aliphatic rings. The minimum Gasteiger partial charge on any atom is -0.366 e. The number of halogens is 2. The summed E-state index contributed by atoms with van der Waals surface area (Å²) in [6.07, 6.45) is 0. The van der Waals surface area contributed by atoms with Crippen molar-refractivity contribution in [3.05, 3.63) is 57.6 Å². The van der Waals surface area contributed by atoms with E-state index in [0.717, 1.165) is 11.8 Å². The SMILES string of the molecule is NC(=O)c1cc(NC(=O)CSc2nnc(-c3cc(Cl)ccc3Cl)n2N)cc(C(N)=O)c1. The minimum absolute atomic E-state index is 0.0315. The number of rotatable bonds is 7. The van der Waals surface area contributed by atoms with Crippen molar-refractivity contribution in [2.75, 3.05) is 16.9 Å². The summed E-state index contributed by atoms with van der Waals surface area (Å²) < 4.78 is 1.19. The number of hydrogen-bond acceptors (Lipinski definition) is 7. The fourth-order valence-corrected chi connectivity index (χ4v) is 3.57. The monoisotopic (exact) mass is 479 g/mol. The first-order valence-corrected chi connectivity index (χ1v) is 10.2. The quantitative estimate of drug-likeness (QED) is 0.295. The lowest BCUT2D eigenvalue weighted by atomic mass is 10.1. The largest absolute Gasteiger partial charge is 0.366 e. The molecule has 1 heterocycles. The van der Waals surface area contributed by atoms with Gasteiger partial charge in [-0.25, -0.2) is 4.68 Å². The summed E-state index contributed by atoms with van der Waals surface area (Å²) in [7, 11) is 0. The Morgan fingerprint density at radius 3 is 2.26 bits per heavy atom. The molecule has 0 saturated carbocycles. The maximum atomic E-state index is 12.3. The number of nitrogens with one attached hydrogen (secondary N) is 1. The lowest BCUT2D eigenvalue weighted by Gasteiger charge is -2.09. The van der Waals surface area contributed by atoms with E-state index in [-0.39, 0.29) is 33.5 Å². The average molecular weight is 480 g/mol. The molecule has 0 bridgehead atoms. The van der Waals surface area contributed by atoms with Crippen LogP contribution in [0.1, 0.15) is 20.7 Å². The number of amides is 3. The van der Waals surface area contributed by atoms with Crippen molar-refractivity contribution in [2.24, 2.45) is 11.5 Å². The van der Waals surface area contributed by atoms with Crippen molar-refractivity contribution in [3.8, 4) is 11.4 Å². The minimum atomic E-state index is -0.767. The summed E-state index contributed by atoms with van der Waals surface area (Å²) in [5, 5.41) is 11.6. The molecule has 0 radical (unpaired) electrons. The van der Waals surface area contributed by atoms with E-state index in [2.05, 4.69) is 15.5 Å². The van der Waals surface area contributed by atoms with E-state index in [1.54, 1.807) is 18.2 Å². The number of nitrogens with two attached hydrogens (primary N) is 3. The van der Waals surface area contributed by atoms with Gasteiger partial charge in [-0.3, -0.25) is 14.4 Å². The number of nitrogen functional groups attached to an aromatic ring is 1. The first-order chi connectivity index (χ1) is 14.7. The van der Waals surface area contributed by atoms with E-state index in [9.17, 15) is 14.4 Å². The lowest BCUT2D eigenvalue weighted by Crippen LogP contribution is -2.19. The van der Waals surface area contributed by atoms with Crippen molar-refractivity contribution < 1.29 is 14.4 Å². The van der Waals surface area contributed by atoms with Gasteiger partial charge < -0.3 is 22.6 Å². The second kappa shape index (κ2) is 9.25. The Balaban J connectivity index is 1.72.